The van der Waals surface area contributed by atoms with Gasteiger partial charge in [-0.3, -0.25) is 9.69 Å². The van der Waals surface area contributed by atoms with Gasteiger partial charge in [-0.05, 0) is 56.2 Å². The molecule has 178 valence electrons. The number of β-lactam (4-membered cyclic amide) rings is 1. The summed E-state index contributed by atoms with van der Waals surface area (Å²) in [4.78, 5) is 25.9. The van der Waals surface area contributed by atoms with E-state index in [-0.39, 0.29) is 6.42 Å². The molecule has 2 fully saturated rings. The average Bonchev–Trinajstić information content (AvgIpc) is 2.70. The van der Waals surface area contributed by atoms with Gasteiger partial charge >= 0.3 is 12.2 Å². The topological polar surface area (TPSA) is 89.9 Å². The molecular formula is C22H28ClF3N2O4. The van der Waals surface area contributed by atoms with Crippen molar-refractivity contribution in [3.8, 4) is 0 Å². The number of imide groups is 1. The normalized spacial score (nSPS) is 23.6. The van der Waals surface area contributed by atoms with Crippen molar-refractivity contribution in [2.75, 3.05) is 0 Å². The summed E-state index contributed by atoms with van der Waals surface area (Å²) in [6.45, 7) is 1.02. The number of aliphatic hydroxyl groups is 2. The maximum absolute atomic E-state index is 13.7. The Hall–Kier alpha value is -1.84. The number of carbonyl (C=O) groups excluding carboxylic acids is 2. The summed E-state index contributed by atoms with van der Waals surface area (Å²) >= 11 is 5.85. The first kappa shape index (κ1) is 24.8. The predicted molar refractivity (Wildman–Crippen MR) is 112 cm³/mol. The zero-order chi connectivity index (χ0) is 23.7. The lowest BCUT2D eigenvalue weighted by atomic mass is 9.78. The first-order valence-electron chi connectivity index (χ1n) is 10.8. The number of urea groups is 1. The van der Waals surface area contributed by atoms with E-state index in [1.54, 1.807) is 24.3 Å². The van der Waals surface area contributed by atoms with Crippen molar-refractivity contribution in [1.82, 2.24) is 10.2 Å². The summed E-state index contributed by atoms with van der Waals surface area (Å²) in [5, 5.41) is 22.8. The summed E-state index contributed by atoms with van der Waals surface area (Å²) in [7, 11) is 0. The highest BCUT2D eigenvalue weighted by Gasteiger charge is 2.58. The number of halogens is 4. The molecule has 6 nitrogen and oxygen atoms in total. The highest BCUT2D eigenvalue weighted by Crippen LogP contribution is 2.38. The lowest BCUT2D eigenvalue weighted by Gasteiger charge is -2.50. The van der Waals surface area contributed by atoms with E-state index >= 15 is 0 Å². The van der Waals surface area contributed by atoms with Crippen LogP contribution in [0.1, 0.15) is 51.0 Å². The van der Waals surface area contributed by atoms with Crippen LogP contribution in [0.3, 0.4) is 0 Å². The number of rotatable bonds is 6. The van der Waals surface area contributed by atoms with Crippen molar-refractivity contribution < 1.29 is 33.0 Å². The van der Waals surface area contributed by atoms with Gasteiger partial charge in [0.25, 0.3) is 0 Å². The third-order valence-corrected chi connectivity index (χ3v) is 6.66. The smallest absolute Gasteiger partial charge is 0.364 e. The second kappa shape index (κ2) is 9.57. The average molecular weight is 477 g/mol. The van der Waals surface area contributed by atoms with Gasteiger partial charge in [-0.15, -0.1) is 0 Å². The third-order valence-electron chi connectivity index (χ3n) is 6.40. The molecule has 3 N–H and O–H groups in total. The molecule has 1 aliphatic heterocycles. The SMILES string of the molecule is CC(O)(O)[C@@H]1[C@@H](CCc2ccc(Cl)cc2)C(=O)N1C(=O)N[C@@H](C1CCCCC1)C(F)(F)F. The number of hydrogen-bond acceptors (Lipinski definition) is 4. The highest BCUT2D eigenvalue weighted by atomic mass is 35.5. The van der Waals surface area contributed by atoms with Crippen LogP contribution in [0.5, 0.6) is 0 Å². The van der Waals surface area contributed by atoms with Crippen molar-refractivity contribution in [2.24, 2.45) is 11.8 Å². The number of hydrogen-bond donors (Lipinski definition) is 3. The van der Waals surface area contributed by atoms with Crippen LogP contribution in [0.2, 0.25) is 5.02 Å². The number of carbonyl (C=O) groups is 2. The largest absolute Gasteiger partial charge is 0.408 e. The molecule has 32 heavy (non-hydrogen) atoms. The number of nitrogens with one attached hydrogen (secondary N) is 1. The van der Waals surface area contributed by atoms with Crippen LogP contribution in [0.4, 0.5) is 18.0 Å². The van der Waals surface area contributed by atoms with E-state index in [2.05, 4.69) is 0 Å². The lowest BCUT2D eigenvalue weighted by molar-refractivity contribution is -0.226. The molecule has 0 radical (unpaired) electrons. The van der Waals surface area contributed by atoms with Crippen LogP contribution < -0.4 is 5.32 Å². The second-order valence-corrected chi connectivity index (χ2v) is 9.32. The van der Waals surface area contributed by atoms with Crippen LogP contribution in [0, 0.1) is 11.8 Å². The Morgan fingerprint density at radius 3 is 2.31 bits per heavy atom. The summed E-state index contributed by atoms with van der Waals surface area (Å²) in [6.07, 6.45) is -1.24. The van der Waals surface area contributed by atoms with Gasteiger partial charge in [-0.25, -0.2) is 4.79 Å². The Bertz CT molecular complexity index is 820. The fourth-order valence-electron chi connectivity index (χ4n) is 4.79. The Morgan fingerprint density at radius 2 is 1.78 bits per heavy atom. The number of nitrogens with zero attached hydrogens (tertiary/aromatic N) is 1. The van der Waals surface area contributed by atoms with Gasteiger partial charge in [0.05, 0.1) is 5.92 Å². The van der Waals surface area contributed by atoms with E-state index in [1.807, 2.05) is 5.32 Å². The molecule has 1 aromatic carbocycles. The van der Waals surface area contributed by atoms with Gasteiger partial charge in [0.15, 0.2) is 5.79 Å². The molecule has 3 rings (SSSR count). The molecule has 2 aliphatic rings. The van der Waals surface area contributed by atoms with Gasteiger partial charge in [-0.1, -0.05) is 43.0 Å². The van der Waals surface area contributed by atoms with Gasteiger partial charge < -0.3 is 15.5 Å². The number of benzene rings is 1. The second-order valence-electron chi connectivity index (χ2n) is 8.89. The Balaban J connectivity index is 1.71. The number of likely N-dealkylation sites (tertiary alicyclic amines) is 1. The van der Waals surface area contributed by atoms with E-state index in [1.165, 1.54) is 0 Å². The predicted octanol–water partition coefficient (Wildman–Crippen LogP) is 4.02. The molecule has 3 atom stereocenters. The fourth-order valence-corrected chi connectivity index (χ4v) is 4.92. The molecule has 0 spiro atoms. The van der Waals surface area contributed by atoms with Gasteiger partial charge in [-0.2, -0.15) is 13.2 Å². The maximum atomic E-state index is 13.7. The molecule has 1 aliphatic carbocycles. The zero-order valence-corrected chi connectivity index (χ0v) is 18.5. The zero-order valence-electron chi connectivity index (χ0n) is 17.7. The van der Waals surface area contributed by atoms with Crippen molar-refractivity contribution in [1.29, 1.82) is 0 Å². The Kier molecular flexibility index (Phi) is 7.41. The van der Waals surface area contributed by atoms with E-state index < -0.39 is 47.8 Å². The van der Waals surface area contributed by atoms with E-state index in [0.29, 0.717) is 42.0 Å². The van der Waals surface area contributed by atoms with Crippen LogP contribution in [-0.4, -0.2) is 51.1 Å². The van der Waals surface area contributed by atoms with E-state index in [9.17, 15) is 33.0 Å². The van der Waals surface area contributed by atoms with Crippen molar-refractivity contribution in [3.63, 3.8) is 0 Å². The molecule has 0 unspecified atom stereocenters. The molecular weight excluding hydrogens is 449 g/mol. The number of alkyl halides is 3. The molecule has 0 bridgehead atoms. The van der Waals surface area contributed by atoms with Gasteiger partial charge in [0.1, 0.15) is 12.1 Å². The molecule has 1 aromatic rings. The number of aryl methyl sites for hydroxylation is 1. The van der Waals surface area contributed by atoms with Crippen LogP contribution in [-0.2, 0) is 11.2 Å². The van der Waals surface area contributed by atoms with E-state index in [0.717, 1.165) is 18.9 Å². The minimum absolute atomic E-state index is 0.205. The summed E-state index contributed by atoms with van der Waals surface area (Å²) in [5.74, 6) is -4.84. The summed E-state index contributed by atoms with van der Waals surface area (Å²) < 4.78 is 41.0. The van der Waals surface area contributed by atoms with Gasteiger partial charge in [0.2, 0.25) is 5.91 Å². The van der Waals surface area contributed by atoms with Gasteiger partial charge in [0, 0.05) is 5.02 Å². The Morgan fingerprint density at radius 1 is 1.19 bits per heavy atom. The maximum Gasteiger partial charge on any atom is 0.408 e. The summed E-state index contributed by atoms with van der Waals surface area (Å²) in [6, 6.07) is 2.22. The Labute approximate surface area is 189 Å². The van der Waals surface area contributed by atoms with Crippen LogP contribution in [0.25, 0.3) is 0 Å². The summed E-state index contributed by atoms with van der Waals surface area (Å²) in [5.41, 5.74) is 0.857. The molecule has 1 heterocycles. The first-order chi connectivity index (χ1) is 14.9. The lowest BCUT2D eigenvalue weighted by Crippen LogP contribution is -2.73. The fraction of sp³-hybridized carbons (Fsp3) is 0.636. The van der Waals surface area contributed by atoms with E-state index in [4.69, 9.17) is 11.6 Å². The molecule has 1 saturated carbocycles. The third kappa shape index (κ3) is 5.55. The standard InChI is InChI=1S/C22H28ClF3N2O4/c1-21(31,32)18-16(12-9-13-7-10-15(23)11-8-13)19(29)28(18)20(30)27-17(22(24,25)26)14-5-3-2-4-6-14/h7-8,10-11,14,16-18,31-32H,2-6,9,12H2,1H3,(H,27,30)/t16-,17+,18+/m1/s1. The van der Waals surface area contributed by atoms with Crippen molar-refractivity contribution in [2.45, 2.75) is 75.9 Å². The molecule has 0 aromatic heterocycles. The van der Waals surface area contributed by atoms with Crippen molar-refractivity contribution >= 4 is 23.5 Å². The highest BCUT2D eigenvalue weighted by molar-refractivity contribution is 6.30. The van der Waals surface area contributed by atoms with Crippen molar-refractivity contribution in [3.05, 3.63) is 34.9 Å². The quantitative estimate of drug-likeness (QED) is 0.427. The monoisotopic (exact) mass is 476 g/mol. The molecule has 3 amide bonds. The first-order valence-corrected chi connectivity index (χ1v) is 11.2. The minimum Gasteiger partial charge on any atom is -0.364 e. The minimum atomic E-state index is -4.67. The number of amides is 3. The molecule has 10 heteroatoms. The van der Waals surface area contributed by atoms with Crippen LogP contribution in [0.15, 0.2) is 24.3 Å². The molecule has 1 saturated heterocycles. The van der Waals surface area contributed by atoms with Crippen LogP contribution >= 0.6 is 11.6 Å².